The first kappa shape index (κ1) is 15.2. The minimum Gasteiger partial charge on any atom is -0.409 e. The molecule has 1 fully saturated rings. The maximum absolute atomic E-state index is 8.99. The Hall–Kier alpha value is -1.23. The highest BCUT2D eigenvalue weighted by Crippen LogP contribution is 2.31. The zero-order valence-electron chi connectivity index (χ0n) is 11.8. The molecular formula is C15H22BrN3O. The highest BCUT2D eigenvalue weighted by Gasteiger charge is 2.20. The molecule has 1 unspecified atom stereocenters. The van der Waals surface area contributed by atoms with Crippen molar-refractivity contribution in [3.63, 3.8) is 0 Å². The van der Waals surface area contributed by atoms with E-state index < -0.39 is 0 Å². The summed E-state index contributed by atoms with van der Waals surface area (Å²) in [5.41, 5.74) is 7.67. The van der Waals surface area contributed by atoms with E-state index in [1.807, 2.05) is 18.2 Å². The highest BCUT2D eigenvalue weighted by molar-refractivity contribution is 9.10. The standard InChI is InChI=1S/C15H22BrN3O/c1-2-11-5-4-9-19(10-8-11)13-7-3-6-12(16)14(13)15(17)18-20/h3,6-7,11,20H,2,4-5,8-10H2,1H3,(H2,17,18). The van der Waals surface area contributed by atoms with Crippen molar-refractivity contribution in [2.45, 2.75) is 32.6 Å². The Kier molecular flexibility index (Phi) is 5.29. The van der Waals surface area contributed by atoms with Crippen LogP contribution in [-0.2, 0) is 0 Å². The summed E-state index contributed by atoms with van der Waals surface area (Å²) in [5, 5.41) is 12.2. The van der Waals surface area contributed by atoms with Crippen molar-refractivity contribution in [2.75, 3.05) is 18.0 Å². The van der Waals surface area contributed by atoms with Gasteiger partial charge in [0, 0.05) is 23.2 Å². The number of anilines is 1. The zero-order chi connectivity index (χ0) is 14.5. The number of nitrogens with zero attached hydrogens (tertiary/aromatic N) is 2. The van der Waals surface area contributed by atoms with Crippen molar-refractivity contribution in [3.8, 4) is 0 Å². The first-order valence-corrected chi connectivity index (χ1v) is 7.98. The Balaban J connectivity index is 2.30. The molecule has 1 saturated heterocycles. The zero-order valence-corrected chi connectivity index (χ0v) is 13.4. The predicted molar refractivity (Wildman–Crippen MR) is 86.5 cm³/mol. The van der Waals surface area contributed by atoms with Gasteiger partial charge in [0.15, 0.2) is 5.84 Å². The van der Waals surface area contributed by atoms with Gasteiger partial charge >= 0.3 is 0 Å². The molecule has 110 valence electrons. The van der Waals surface area contributed by atoms with Gasteiger partial charge in [0.2, 0.25) is 0 Å². The Morgan fingerprint density at radius 2 is 2.25 bits per heavy atom. The molecule has 5 heteroatoms. The van der Waals surface area contributed by atoms with Crippen LogP contribution in [0.5, 0.6) is 0 Å². The van der Waals surface area contributed by atoms with Crippen LogP contribution in [0.1, 0.15) is 38.2 Å². The van der Waals surface area contributed by atoms with Crippen LogP contribution >= 0.6 is 15.9 Å². The van der Waals surface area contributed by atoms with Gasteiger partial charge in [-0.3, -0.25) is 0 Å². The Morgan fingerprint density at radius 1 is 1.45 bits per heavy atom. The summed E-state index contributed by atoms with van der Waals surface area (Å²) in [6.07, 6.45) is 4.94. The summed E-state index contributed by atoms with van der Waals surface area (Å²) in [5.74, 6) is 0.975. The van der Waals surface area contributed by atoms with Crippen molar-refractivity contribution in [2.24, 2.45) is 16.8 Å². The average molecular weight is 340 g/mol. The minimum absolute atomic E-state index is 0.156. The number of benzene rings is 1. The molecule has 4 nitrogen and oxygen atoms in total. The third-order valence-corrected chi connectivity index (χ3v) is 4.78. The second-order valence-electron chi connectivity index (χ2n) is 5.31. The number of hydrogen-bond acceptors (Lipinski definition) is 3. The molecule has 1 aromatic carbocycles. The molecular weight excluding hydrogens is 318 g/mol. The topological polar surface area (TPSA) is 61.8 Å². The molecule has 0 amide bonds. The average Bonchev–Trinajstić information content (AvgIpc) is 2.71. The van der Waals surface area contributed by atoms with E-state index in [4.69, 9.17) is 10.9 Å². The highest BCUT2D eigenvalue weighted by atomic mass is 79.9. The second kappa shape index (κ2) is 6.97. The van der Waals surface area contributed by atoms with Crippen LogP contribution in [0.3, 0.4) is 0 Å². The van der Waals surface area contributed by atoms with Crippen molar-refractivity contribution >= 4 is 27.5 Å². The Morgan fingerprint density at radius 3 is 2.95 bits per heavy atom. The van der Waals surface area contributed by atoms with E-state index in [1.165, 1.54) is 25.7 Å². The van der Waals surface area contributed by atoms with Crippen LogP contribution in [0.15, 0.2) is 27.8 Å². The van der Waals surface area contributed by atoms with Crippen LogP contribution in [-0.4, -0.2) is 24.1 Å². The van der Waals surface area contributed by atoms with Crippen molar-refractivity contribution < 1.29 is 5.21 Å². The van der Waals surface area contributed by atoms with Crippen LogP contribution in [0, 0.1) is 5.92 Å². The molecule has 1 aromatic rings. The van der Waals surface area contributed by atoms with Crippen LogP contribution in [0.2, 0.25) is 0 Å². The van der Waals surface area contributed by atoms with Gasteiger partial charge in [0.1, 0.15) is 0 Å². The lowest BCUT2D eigenvalue weighted by molar-refractivity contribution is 0.318. The van der Waals surface area contributed by atoms with E-state index in [9.17, 15) is 0 Å². The van der Waals surface area contributed by atoms with Gasteiger partial charge in [-0.15, -0.1) is 0 Å². The Bertz CT molecular complexity index is 490. The van der Waals surface area contributed by atoms with E-state index in [-0.39, 0.29) is 5.84 Å². The lowest BCUT2D eigenvalue weighted by atomic mass is 9.98. The molecule has 0 radical (unpaired) electrons. The van der Waals surface area contributed by atoms with Crippen LogP contribution in [0.25, 0.3) is 0 Å². The molecule has 3 N–H and O–H groups in total. The molecule has 0 saturated carbocycles. The first-order chi connectivity index (χ1) is 9.67. The molecule has 0 aliphatic carbocycles. The second-order valence-corrected chi connectivity index (χ2v) is 6.17. The first-order valence-electron chi connectivity index (χ1n) is 7.18. The lowest BCUT2D eigenvalue weighted by Crippen LogP contribution is -2.28. The molecule has 20 heavy (non-hydrogen) atoms. The summed E-state index contributed by atoms with van der Waals surface area (Å²) < 4.78 is 0.863. The summed E-state index contributed by atoms with van der Waals surface area (Å²) in [6, 6.07) is 5.96. The number of oxime groups is 1. The molecule has 0 aromatic heterocycles. The smallest absolute Gasteiger partial charge is 0.173 e. The van der Waals surface area contributed by atoms with E-state index in [0.29, 0.717) is 0 Å². The number of hydrogen-bond donors (Lipinski definition) is 2. The summed E-state index contributed by atoms with van der Waals surface area (Å²) in [4.78, 5) is 2.35. The quantitative estimate of drug-likeness (QED) is 0.383. The lowest BCUT2D eigenvalue weighted by Gasteiger charge is -2.26. The van der Waals surface area contributed by atoms with E-state index in [1.54, 1.807) is 0 Å². The maximum Gasteiger partial charge on any atom is 0.173 e. The summed E-state index contributed by atoms with van der Waals surface area (Å²) in [6.45, 7) is 4.32. The Labute approximate surface area is 128 Å². The molecule has 1 aliphatic heterocycles. The summed E-state index contributed by atoms with van der Waals surface area (Å²) in [7, 11) is 0. The SMILES string of the molecule is CCC1CCCN(c2cccc(Br)c2/C(N)=N/O)CC1. The molecule has 0 spiro atoms. The van der Waals surface area contributed by atoms with Gasteiger partial charge in [0.25, 0.3) is 0 Å². The van der Waals surface area contributed by atoms with Crippen molar-refractivity contribution in [1.29, 1.82) is 0 Å². The van der Waals surface area contributed by atoms with Crippen molar-refractivity contribution in [3.05, 3.63) is 28.2 Å². The molecule has 1 aliphatic rings. The molecule has 1 heterocycles. The van der Waals surface area contributed by atoms with Crippen molar-refractivity contribution in [1.82, 2.24) is 0 Å². The minimum atomic E-state index is 0.156. The third-order valence-electron chi connectivity index (χ3n) is 4.12. The van der Waals surface area contributed by atoms with Crippen LogP contribution < -0.4 is 10.6 Å². The maximum atomic E-state index is 8.99. The monoisotopic (exact) mass is 339 g/mol. The van der Waals surface area contributed by atoms with Gasteiger partial charge in [-0.25, -0.2) is 0 Å². The van der Waals surface area contributed by atoms with Crippen LogP contribution in [0.4, 0.5) is 5.69 Å². The van der Waals surface area contributed by atoms with Gasteiger partial charge in [-0.2, -0.15) is 0 Å². The fourth-order valence-corrected chi connectivity index (χ4v) is 3.45. The van der Waals surface area contributed by atoms with E-state index in [0.717, 1.165) is 34.7 Å². The molecule has 0 bridgehead atoms. The number of nitrogens with two attached hydrogens (primary N) is 1. The number of rotatable bonds is 3. The van der Waals surface area contributed by atoms with Gasteiger partial charge in [-0.05, 0) is 53.2 Å². The van der Waals surface area contributed by atoms with Gasteiger partial charge < -0.3 is 15.8 Å². The number of amidine groups is 1. The fraction of sp³-hybridized carbons (Fsp3) is 0.533. The number of halogens is 1. The van der Waals surface area contributed by atoms with E-state index >= 15 is 0 Å². The normalized spacial score (nSPS) is 20.8. The predicted octanol–water partition coefficient (Wildman–Crippen LogP) is 3.56. The van der Waals surface area contributed by atoms with E-state index in [2.05, 4.69) is 32.9 Å². The van der Waals surface area contributed by atoms with Gasteiger partial charge in [-0.1, -0.05) is 24.6 Å². The third kappa shape index (κ3) is 3.26. The molecule has 2 rings (SSSR count). The molecule has 1 atom stereocenters. The van der Waals surface area contributed by atoms with Gasteiger partial charge in [0.05, 0.1) is 5.56 Å². The largest absolute Gasteiger partial charge is 0.409 e. The summed E-state index contributed by atoms with van der Waals surface area (Å²) >= 11 is 3.50. The fourth-order valence-electron chi connectivity index (χ4n) is 2.89.